The van der Waals surface area contributed by atoms with Gasteiger partial charge in [0.05, 0.1) is 5.69 Å². The minimum absolute atomic E-state index is 0.00545. The molecule has 2 heterocycles. The van der Waals surface area contributed by atoms with Crippen molar-refractivity contribution in [3.05, 3.63) is 53.6 Å². The molecule has 1 fully saturated rings. The molecule has 0 aliphatic heterocycles. The van der Waals surface area contributed by atoms with Crippen LogP contribution in [0.4, 0.5) is 17.6 Å². The summed E-state index contributed by atoms with van der Waals surface area (Å²) >= 11 is 0. The van der Waals surface area contributed by atoms with Crippen molar-refractivity contribution in [1.29, 1.82) is 0 Å². The van der Waals surface area contributed by atoms with Crippen LogP contribution < -0.4 is 5.32 Å². The summed E-state index contributed by atoms with van der Waals surface area (Å²) in [5, 5.41) is 6.70. The molecule has 1 aliphatic rings. The number of alkyl halides is 3. The molecule has 0 radical (unpaired) electrons. The first-order chi connectivity index (χ1) is 13.8. The molecule has 3 aromatic rings. The van der Waals surface area contributed by atoms with Crippen LogP contribution in [0.3, 0.4) is 0 Å². The molecular formula is C20H18F4N4O. The second-order valence-electron chi connectivity index (χ2n) is 7.14. The van der Waals surface area contributed by atoms with Gasteiger partial charge in [-0.3, -0.25) is 4.79 Å². The molecule has 4 rings (SSSR count). The van der Waals surface area contributed by atoms with Crippen LogP contribution in [-0.2, 0) is 6.18 Å². The minimum Gasteiger partial charge on any atom is -0.348 e. The van der Waals surface area contributed by atoms with Crippen molar-refractivity contribution in [1.82, 2.24) is 19.9 Å². The van der Waals surface area contributed by atoms with E-state index in [-0.39, 0.29) is 23.1 Å². The number of rotatable bonds is 3. The van der Waals surface area contributed by atoms with Gasteiger partial charge < -0.3 is 5.32 Å². The van der Waals surface area contributed by atoms with Gasteiger partial charge in [-0.05, 0) is 43.2 Å². The summed E-state index contributed by atoms with van der Waals surface area (Å²) in [5.41, 5.74) is -0.936. The molecule has 1 amide bonds. The number of hydrogen-bond acceptors (Lipinski definition) is 3. The van der Waals surface area contributed by atoms with Gasteiger partial charge in [0.2, 0.25) is 0 Å². The molecular weight excluding hydrogens is 388 g/mol. The molecule has 29 heavy (non-hydrogen) atoms. The fourth-order valence-electron chi connectivity index (χ4n) is 3.56. The standard InChI is InChI=1S/C20H18F4N4O/c21-13-8-6-12(7-9-13)15-10-17(20(22,23)24)28-18(26-15)11-16(27-28)19(29)25-14-4-2-1-3-5-14/h6-11,14H,1-5H2,(H,25,29). The Kier molecular flexibility index (Phi) is 4.97. The number of amides is 1. The SMILES string of the molecule is O=C(NC1CCCCC1)c1cc2nc(-c3ccc(F)cc3)cc(C(F)(F)F)n2n1. The lowest BCUT2D eigenvalue weighted by Gasteiger charge is -2.22. The summed E-state index contributed by atoms with van der Waals surface area (Å²) in [4.78, 5) is 16.7. The zero-order valence-electron chi connectivity index (χ0n) is 15.3. The predicted molar refractivity (Wildman–Crippen MR) is 97.7 cm³/mol. The van der Waals surface area contributed by atoms with E-state index in [9.17, 15) is 22.4 Å². The lowest BCUT2D eigenvalue weighted by Crippen LogP contribution is -2.36. The van der Waals surface area contributed by atoms with Crippen molar-refractivity contribution < 1.29 is 22.4 Å². The molecule has 1 aromatic carbocycles. The molecule has 5 nitrogen and oxygen atoms in total. The van der Waals surface area contributed by atoms with Gasteiger partial charge in [0.1, 0.15) is 5.82 Å². The van der Waals surface area contributed by atoms with Crippen molar-refractivity contribution in [3.8, 4) is 11.3 Å². The van der Waals surface area contributed by atoms with E-state index in [1.807, 2.05) is 0 Å². The second kappa shape index (κ2) is 7.46. The third kappa shape index (κ3) is 4.08. The van der Waals surface area contributed by atoms with Gasteiger partial charge in [-0.15, -0.1) is 0 Å². The normalized spacial score (nSPS) is 15.6. The molecule has 0 spiro atoms. The highest BCUT2D eigenvalue weighted by Gasteiger charge is 2.35. The van der Waals surface area contributed by atoms with Crippen molar-refractivity contribution in [2.45, 2.75) is 44.3 Å². The Morgan fingerprint density at radius 3 is 2.41 bits per heavy atom. The van der Waals surface area contributed by atoms with E-state index in [4.69, 9.17) is 0 Å². The van der Waals surface area contributed by atoms with Crippen LogP contribution in [0, 0.1) is 5.82 Å². The highest BCUT2D eigenvalue weighted by molar-refractivity contribution is 5.93. The number of nitrogens with zero attached hydrogens (tertiary/aromatic N) is 3. The Hall–Kier alpha value is -2.97. The van der Waals surface area contributed by atoms with E-state index < -0.39 is 23.6 Å². The Labute approximate surface area is 163 Å². The lowest BCUT2D eigenvalue weighted by atomic mass is 9.95. The molecule has 0 unspecified atom stereocenters. The highest BCUT2D eigenvalue weighted by Crippen LogP contribution is 2.32. The van der Waals surface area contributed by atoms with Gasteiger partial charge in [0.25, 0.3) is 5.91 Å². The van der Waals surface area contributed by atoms with Gasteiger partial charge in [-0.2, -0.15) is 18.3 Å². The summed E-state index contributed by atoms with van der Waals surface area (Å²) in [7, 11) is 0. The number of halogens is 4. The topological polar surface area (TPSA) is 59.3 Å². The minimum atomic E-state index is -4.71. The molecule has 0 atom stereocenters. The number of hydrogen-bond donors (Lipinski definition) is 1. The summed E-state index contributed by atoms with van der Waals surface area (Å²) < 4.78 is 54.6. The maximum absolute atomic E-state index is 13.6. The first kappa shape index (κ1) is 19.4. The average Bonchev–Trinajstić information content (AvgIpc) is 3.12. The maximum Gasteiger partial charge on any atom is 0.433 e. The number of aromatic nitrogens is 3. The Balaban J connectivity index is 1.73. The summed E-state index contributed by atoms with van der Waals surface area (Å²) in [6, 6.07) is 7.08. The number of carbonyl (C=O) groups is 1. The van der Waals surface area contributed by atoms with Gasteiger partial charge in [0.15, 0.2) is 17.0 Å². The van der Waals surface area contributed by atoms with Gasteiger partial charge in [-0.1, -0.05) is 19.3 Å². The maximum atomic E-state index is 13.6. The average molecular weight is 406 g/mol. The summed E-state index contributed by atoms with van der Waals surface area (Å²) in [6.45, 7) is 0. The molecule has 1 N–H and O–H groups in total. The molecule has 9 heteroatoms. The largest absolute Gasteiger partial charge is 0.433 e. The van der Waals surface area contributed by atoms with Gasteiger partial charge in [-0.25, -0.2) is 13.9 Å². The van der Waals surface area contributed by atoms with Crippen molar-refractivity contribution >= 4 is 11.6 Å². The van der Waals surface area contributed by atoms with Crippen molar-refractivity contribution in [3.63, 3.8) is 0 Å². The molecule has 0 saturated heterocycles. The first-order valence-electron chi connectivity index (χ1n) is 9.36. The summed E-state index contributed by atoms with van der Waals surface area (Å²) in [6.07, 6.45) is 0.123. The zero-order chi connectivity index (χ0) is 20.6. The van der Waals surface area contributed by atoms with Crippen LogP contribution in [0.15, 0.2) is 36.4 Å². The van der Waals surface area contributed by atoms with Gasteiger partial charge in [0, 0.05) is 17.7 Å². The second-order valence-corrected chi connectivity index (χ2v) is 7.14. The van der Waals surface area contributed by atoms with Crippen LogP contribution >= 0.6 is 0 Å². The summed E-state index contributed by atoms with van der Waals surface area (Å²) in [5.74, 6) is -1.02. The lowest BCUT2D eigenvalue weighted by molar-refractivity contribution is -0.142. The van der Waals surface area contributed by atoms with Crippen LogP contribution in [0.5, 0.6) is 0 Å². The molecule has 1 aliphatic carbocycles. The molecule has 1 saturated carbocycles. The Bertz CT molecular complexity index is 1040. The Morgan fingerprint density at radius 2 is 1.76 bits per heavy atom. The smallest absolute Gasteiger partial charge is 0.348 e. The quantitative estimate of drug-likeness (QED) is 0.646. The van der Waals surface area contributed by atoms with Crippen LogP contribution in [0.25, 0.3) is 16.9 Å². The van der Waals surface area contributed by atoms with Crippen molar-refractivity contribution in [2.24, 2.45) is 0 Å². The van der Waals surface area contributed by atoms with Crippen LogP contribution in [0.1, 0.15) is 48.3 Å². The fourth-order valence-corrected chi connectivity index (χ4v) is 3.56. The zero-order valence-corrected chi connectivity index (χ0v) is 15.3. The van der Waals surface area contributed by atoms with Gasteiger partial charge >= 0.3 is 6.18 Å². The molecule has 0 bridgehead atoms. The third-order valence-corrected chi connectivity index (χ3v) is 5.03. The number of benzene rings is 1. The monoisotopic (exact) mass is 406 g/mol. The van der Waals surface area contributed by atoms with E-state index in [1.165, 1.54) is 18.2 Å². The van der Waals surface area contributed by atoms with E-state index in [0.717, 1.165) is 50.3 Å². The third-order valence-electron chi connectivity index (χ3n) is 5.03. The van der Waals surface area contributed by atoms with E-state index in [2.05, 4.69) is 15.4 Å². The molecule has 152 valence electrons. The van der Waals surface area contributed by atoms with Crippen molar-refractivity contribution in [2.75, 3.05) is 0 Å². The predicted octanol–water partition coefficient (Wildman–Crippen LogP) is 4.62. The highest BCUT2D eigenvalue weighted by atomic mass is 19.4. The number of carbonyl (C=O) groups excluding carboxylic acids is 1. The Morgan fingerprint density at radius 1 is 1.07 bits per heavy atom. The first-order valence-corrected chi connectivity index (χ1v) is 9.36. The van der Waals surface area contributed by atoms with E-state index in [1.54, 1.807) is 0 Å². The van der Waals surface area contributed by atoms with Crippen LogP contribution in [0.2, 0.25) is 0 Å². The number of nitrogens with one attached hydrogen (secondary N) is 1. The van der Waals surface area contributed by atoms with E-state index >= 15 is 0 Å². The number of fused-ring (bicyclic) bond motifs is 1. The molecule has 2 aromatic heterocycles. The van der Waals surface area contributed by atoms with Crippen LogP contribution in [-0.4, -0.2) is 26.5 Å². The fraction of sp³-hybridized carbons (Fsp3) is 0.350. The van der Waals surface area contributed by atoms with E-state index in [0.29, 0.717) is 10.1 Å².